The van der Waals surface area contributed by atoms with E-state index in [9.17, 15) is 4.79 Å². The van der Waals surface area contributed by atoms with Crippen LogP contribution in [0, 0.1) is 0 Å². The molecule has 2 atom stereocenters. The second-order valence-corrected chi connectivity index (χ2v) is 8.19. The topological polar surface area (TPSA) is 72.4 Å². The van der Waals surface area contributed by atoms with Crippen LogP contribution in [-0.2, 0) is 9.53 Å². The summed E-state index contributed by atoms with van der Waals surface area (Å²) in [4.78, 5) is 23.1. The van der Waals surface area contributed by atoms with E-state index in [1.54, 1.807) is 19.0 Å². The van der Waals surface area contributed by atoms with E-state index in [1.807, 2.05) is 0 Å². The summed E-state index contributed by atoms with van der Waals surface area (Å²) in [6.07, 6.45) is 3.81. The molecule has 2 N–H and O–H groups in total. The third kappa shape index (κ3) is 7.31. The first-order chi connectivity index (χ1) is 13.0. The van der Waals surface area contributed by atoms with Crippen molar-refractivity contribution >= 4 is 35.8 Å². The van der Waals surface area contributed by atoms with Crippen LogP contribution in [0.25, 0.3) is 0 Å². The lowest BCUT2D eigenvalue weighted by Gasteiger charge is -2.27. The third-order valence-corrected chi connectivity index (χ3v) is 5.68. The van der Waals surface area contributed by atoms with Crippen LogP contribution in [0.3, 0.4) is 0 Å². The number of halogens is 1. The van der Waals surface area contributed by atoms with E-state index in [-0.39, 0.29) is 36.4 Å². The lowest BCUT2D eigenvalue weighted by molar-refractivity contribution is -0.127. The molecule has 0 spiro atoms. The molecule has 9 heteroatoms. The van der Waals surface area contributed by atoms with Crippen LogP contribution in [-0.4, -0.2) is 111 Å². The van der Waals surface area contributed by atoms with Gasteiger partial charge < -0.3 is 20.3 Å². The molecule has 1 amide bonds. The third-order valence-electron chi connectivity index (χ3n) is 5.68. The molecular formula is C19H37IN6O2. The maximum atomic E-state index is 11.9. The maximum Gasteiger partial charge on any atom is 0.243 e. The normalized spacial score (nSPS) is 26.6. The Kier molecular flexibility index (Phi) is 9.72. The van der Waals surface area contributed by atoms with Crippen molar-refractivity contribution in [1.29, 1.82) is 0 Å². The minimum absolute atomic E-state index is 0. The summed E-state index contributed by atoms with van der Waals surface area (Å²) in [5, 5.41) is 7.00. The van der Waals surface area contributed by atoms with Gasteiger partial charge in [0.05, 0.1) is 13.2 Å². The fraction of sp³-hybridized carbons (Fsp3) is 0.895. The number of aliphatic imine (C=N–C) groups is 1. The van der Waals surface area contributed by atoms with Gasteiger partial charge in [-0.25, -0.2) is 4.99 Å². The summed E-state index contributed by atoms with van der Waals surface area (Å²) < 4.78 is 5.40. The van der Waals surface area contributed by atoms with Crippen LogP contribution in [0.4, 0.5) is 0 Å². The van der Waals surface area contributed by atoms with E-state index in [2.05, 4.69) is 32.3 Å². The number of hydrogen-bond acceptors (Lipinski definition) is 5. The number of likely N-dealkylation sites (tertiary alicyclic amines) is 1. The number of likely N-dealkylation sites (N-methyl/N-ethyl adjacent to an activating group) is 1. The van der Waals surface area contributed by atoms with Crippen molar-refractivity contribution in [2.24, 2.45) is 4.99 Å². The molecule has 1 aliphatic carbocycles. The number of carbonyl (C=O) groups is 1. The first-order valence-electron chi connectivity index (χ1n) is 10.3. The van der Waals surface area contributed by atoms with Gasteiger partial charge in [-0.1, -0.05) is 0 Å². The minimum Gasteiger partial charge on any atom is -0.379 e. The molecule has 2 saturated heterocycles. The second kappa shape index (κ2) is 11.5. The summed E-state index contributed by atoms with van der Waals surface area (Å²) >= 11 is 0. The molecule has 0 aromatic heterocycles. The Morgan fingerprint density at radius 3 is 2.61 bits per heavy atom. The van der Waals surface area contributed by atoms with Gasteiger partial charge in [0.2, 0.25) is 5.91 Å². The highest BCUT2D eigenvalue weighted by Gasteiger charge is 2.38. The van der Waals surface area contributed by atoms with Crippen LogP contribution < -0.4 is 10.6 Å². The van der Waals surface area contributed by atoms with Gasteiger partial charge in [0.25, 0.3) is 0 Å². The molecule has 0 aromatic rings. The molecule has 3 rings (SSSR count). The first kappa shape index (κ1) is 23.6. The number of amides is 1. The van der Waals surface area contributed by atoms with E-state index in [0.717, 1.165) is 64.4 Å². The summed E-state index contributed by atoms with van der Waals surface area (Å²) in [6.45, 7) is 8.93. The fourth-order valence-electron chi connectivity index (χ4n) is 3.87. The van der Waals surface area contributed by atoms with Crippen molar-refractivity contribution in [2.75, 3.05) is 66.6 Å². The number of rotatable bonds is 7. The Bertz CT molecular complexity index is 523. The molecule has 0 aromatic carbocycles. The largest absolute Gasteiger partial charge is 0.379 e. The molecule has 2 unspecified atom stereocenters. The second-order valence-electron chi connectivity index (χ2n) is 8.19. The van der Waals surface area contributed by atoms with Crippen LogP contribution >= 0.6 is 24.0 Å². The summed E-state index contributed by atoms with van der Waals surface area (Å²) in [7, 11) is 3.53. The highest BCUT2D eigenvalue weighted by atomic mass is 127. The standard InChI is InChI=1S/C19H36N6O2.HI/c1-15-12-16(14-25(15)17-4-5-17)22-19(21-13-18(26)23(2)3)20-6-7-24-8-10-27-11-9-24;/h15-17H,4-14H2,1-3H3,(H2,20,21,22);1H. The van der Waals surface area contributed by atoms with Crippen LogP contribution in [0.2, 0.25) is 0 Å². The highest BCUT2D eigenvalue weighted by Crippen LogP contribution is 2.33. The van der Waals surface area contributed by atoms with Crippen LogP contribution in [0.1, 0.15) is 26.2 Å². The number of ether oxygens (including phenoxy) is 1. The average Bonchev–Trinajstić information content (AvgIpc) is 3.43. The van der Waals surface area contributed by atoms with Gasteiger partial charge in [-0.2, -0.15) is 0 Å². The Morgan fingerprint density at radius 2 is 1.96 bits per heavy atom. The smallest absolute Gasteiger partial charge is 0.243 e. The molecule has 3 aliphatic rings. The van der Waals surface area contributed by atoms with E-state index >= 15 is 0 Å². The summed E-state index contributed by atoms with van der Waals surface area (Å²) in [6, 6.07) is 1.80. The molecular weight excluding hydrogens is 471 g/mol. The van der Waals surface area contributed by atoms with Gasteiger partial charge in [0.1, 0.15) is 6.54 Å². The molecule has 28 heavy (non-hydrogen) atoms. The van der Waals surface area contributed by atoms with Crippen LogP contribution in [0.15, 0.2) is 4.99 Å². The molecule has 8 nitrogen and oxygen atoms in total. The molecule has 0 bridgehead atoms. The Morgan fingerprint density at radius 1 is 1.25 bits per heavy atom. The molecule has 2 heterocycles. The quantitative estimate of drug-likeness (QED) is 0.291. The number of hydrogen-bond donors (Lipinski definition) is 2. The van der Waals surface area contributed by atoms with Gasteiger partial charge in [0.15, 0.2) is 5.96 Å². The van der Waals surface area contributed by atoms with Crippen molar-refractivity contribution in [3.05, 3.63) is 0 Å². The average molecular weight is 508 g/mol. The predicted octanol–water partition coefficient (Wildman–Crippen LogP) is 0.185. The number of guanidine groups is 1. The first-order valence-corrected chi connectivity index (χ1v) is 10.3. The number of morpholine rings is 1. The number of carbonyl (C=O) groups excluding carboxylic acids is 1. The molecule has 1 saturated carbocycles. The Hall–Kier alpha value is -0.650. The zero-order chi connectivity index (χ0) is 19.2. The zero-order valence-corrected chi connectivity index (χ0v) is 19.9. The van der Waals surface area contributed by atoms with Crippen molar-refractivity contribution in [2.45, 2.75) is 44.3 Å². The van der Waals surface area contributed by atoms with Gasteiger partial charge >= 0.3 is 0 Å². The van der Waals surface area contributed by atoms with Crippen molar-refractivity contribution in [3.8, 4) is 0 Å². The molecule has 3 fully saturated rings. The molecule has 0 radical (unpaired) electrons. The minimum atomic E-state index is 0. The van der Waals surface area contributed by atoms with E-state index < -0.39 is 0 Å². The van der Waals surface area contributed by atoms with Crippen molar-refractivity contribution < 1.29 is 9.53 Å². The van der Waals surface area contributed by atoms with Gasteiger partial charge in [-0.15, -0.1) is 24.0 Å². The zero-order valence-electron chi connectivity index (χ0n) is 17.5. The van der Waals surface area contributed by atoms with E-state index in [0.29, 0.717) is 12.1 Å². The molecule has 2 aliphatic heterocycles. The summed E-state index contributed by atoms with van der Waals surface area (Å²) in [5.41, 5.74) is 0. The number of nitrogens with zero attached hydrogens (tertiary/aromatic N) is 4. The Labute approximate surface area is 186 Å². The maximum absolute atomic E-state index is 11.9. The predicted molar refractivity (Wildman–Crippen MR) is 122 cm³/mol. The Balaban J connectivity index is 0.00000280. The van der Waals surface area contributed by atoms with Gasteiger partial charge in [-0.3, -0.25) is 14.6 Å². The summed E-state index contributed by atoms with van der Waals surface area (Å²) in [5.74, 6) is 0.775. The number of nitrogens with one attached hydrogen (secondary N) is 2. The van der Waals surface area contributed by atoms with E-state index in [1.165, 1.54) is 12.8 Å². The molecule has 162 valence electrons. The van der Waals surface area contributed by atoms with Gasteiger partial charge in [0, 0.05) is 64.9 Å². The fourth-order valence-corrected chi connectivity index (χ4v) is 3.87. The monoisotopic (exact) mass is 508 g/mol. The van der Waals surface area contributed by atoms with Crippen molar-refractivity contribution in [1.82, 2.24) is 25.3 Å². The lowest BCUT2D eigenvalue weighted by atomic mass is 10.2. The highest BCUT2D eigenvalue weighted by molar-refractivity contribution is 14.0. The van der Waals surface area contributed by atoms with Crippen LogP contribution in [0.5, 0.6) is 0 Å². The van der Waals surface area contributed by atoms with Gasteiger partial charge in [-0.05, 0) is 26.2 Å². The van der Waals surface area contributed by atoms with Crippen molar-refractivity contribution in [3.63, 3.8) is 0 Å². The lowest BCUT2D eigenvalue weighted by Crippen LogP contribution is -2.48. The van der Waals surface area contributed by atoms with E-state index in [4.69, 9.17) is 4.74 Å². The SMILES string of the molecule is CC1CC(NC(=NCC(=O)N(C)C)NCCN2CCOCC2)CN1C1CC1.I.